The Kier molecular flexibility index (Phi) is 6.88. The second-order valence-corrected chi connectivity index (χ2v) is 7.83. The van der Waals surface area contributed by atoms with Crippen molar-refractivity contribution in [2.75, 3.05) is 18.1 Å². The number of halogens is 4. The van der Waals surface area contributed by atoms with Crippen LogP contribution in [0.4, 0.5) is 24.8 Å². The Hall–Kier alpha value is -3.73. The van der Waals surface area contributed by atoms with Crippen LogP contribution in [0.3, 0.4) is 0 Å². The first-order chi connectivity index (χ1) is 16.7. The molecule has 0 saturated carbocycles. The van der Waals surface area contributed by atoms with Crippen LogP contribution in [0, 0.1) is 0 Å². The zero-order valence-corrected chi connectivity index (χ0v) is 19.4. The van der Waals surface area contributed by atoms with Crippen molar-refractivity contribution in [1.82, 2.24) is 25.1 Å². The Balaban J connectivity index is 1.88. The minimum absolute atomic E-state index is 0.117. The lowest BCUT2D eigenvalue weighted by atomic mass is 9.96. The van der Waals surface area contributed by atoms with Gasteiger partial charge in [-0.3, -0.25) is 14.9 Å². The lowest BCUT2D eigenvalue weighted by Crippen LogP contribution is -2.23. The van der Waals surface area contributed by atoms with Crippen LogP contribution < -0.4 is 4.90 Å². The van der Waals surface area contributed by atoms with Crippen LogP contribution in [0.25, 0.3) is 11.0 Å². The fourth-order valence-corrected chi connectivity index (χ4v) is 3.96. The monoisotopic (exact) mass is 504 g/mol. The van der Waals surface area contributed by atoms with Crippen LogP contribution in [0.5, 0.6) is 0 Å². The number of anilines is 2. The maximum atomic E-state index is 13.1. The summed E-state index contributed by atoms with van der Waals surface area (Å²) in [5.74, 6) is -1.36. The summed E-state index contributed by atoms with van der Waals surface area (Å²) in [7, 11) is 0. The molecule has 0 saturated heterocycles. The number of ether oxygens (including phenoxy) is 1. The molecule has 1 unspecified atom stereocenters. The maximum Gasteiger partial charge on any atom is 0.416 e. The third-order valence-corrected chi connectivity index (χ3v) is 5.56. The van der Waals surface area contributed by atoms with E-state index in [9.17, 15) is 18.0 Å². The minimum atomic E-state index is -4.53. The molecule has 1 aromatic carbocycles. The number of rotatable bonds is 7. The van der Waals surface area contributed by atoms with E-state index < -0.39 is 23.6 Å². The fraction of sp³-hybridized carbons (Fsp3) is 0.261. The molecule has 0 fully saturated rings. The largest absolute Gasteiger partial charge is 0.465 e. The summed E-state index contributed by atoms with van der Waals surface area (Å²) < 4.78 is 44.7. The van der Waals surface area contributed by atoms with Crippen molar-refractivity contribution >= 4 is 40.2 Å². The Morgan fingerprint density at radius 3 is 2.63 bits per heavy atom. The zero-order chi connectivity index (χ0) is 25.2. The van der Waals surface area contributed by atoms with E-state index in [1.165, 1.54) is 18.5 Å². The van der Waals surface area contributed by atoms with E-state index in [2.05, 4.69) is 25.1 Å². The summed E-state index contributed by atoms with van der Waals surface area (Å²) in [5, 5.41) is 6.74. The molecular formula is C23H20ClF3N6O2. The van der Waals surface area contributed by atoms with E-state index in [1.54, 1.807) is 37.1 Å². The van der Waals surface area contributed by atoms with E-state index in [0.29, 0.717) is 16.6 Å². The molecule has 0 spiro atoms. The number of benzene rings is 1. The number of fused-ring (bicyclic) bond motifs is 1. The van der Waals surface area contributed by atoms with Crippen molar-refractivity contribution < 1.29 is 22.7 Å². The van der Waals surface area contributed by atoms with Crippen molar-refractivity contribution in [2.45, 2.75) is 25.9 Å². The molecule has 0 bridgehead atoms. The van der Waals surface area contributed by atoms with Crippen LogP contribution in [0.15, 0.2) is 48.9 Å². The molecule has 0 aliphatic heterocycles. The van der Waals surface area contributed by atoms with Crippen molar-refractivity contribution in [1.29, 1.82) is 0 Å². The third-order valence-electron chi connectivity index (χ3n) is 5.25. The van der Waals surface area contributed by atoms with Gasteiger partial charge in [0.15, 0.2) is 0 Å². The molecule has 0 aliphatic carbocycles. The van der Waals surface area contributed by atoms with Gasteiger partial charge in [0.2, 0.25) is 5.95 Å². The van der Waals surface area contributed by atoms with Gasteiger partial charge >= 0.3 is 12.1 Å². The lowest BCUT2D eigenvalue weighted by molar-refractivity contribution is -0.144. The van der Waals surface area contributed by atoms with Gasteiger partial charge in [0.1, 0.15) is 17.0 Å². The first-order valence-electron chi connectivity index (χ1n) is 10.7. The highest BCUT2D eigenvalue weighted by Gasteiger charge is 2.33. The summed E-state index contributed by atoms with van der Waals surface area (Å²) in [6, 6.07) is 6.48. The Labute approximate surface area is 203 Å². The number of alkyl halides is 3. The molecule has 1 atom stereocenters. The van der Waals surface area contributed by atoms with Crippen LogP contribution in [0.2, 0.25) is 5.02 Å². The molecule has 3 aromatic heterocycles. The van der Waals surface area contributed by atoms with Gasteiger partial charge in [0, 0.05) is 18.9 Å². The first-order valence-corrected chi connectivity index (χ1v) is 11.0. The lowest BCUT2D eigenvalue weighted by Gasteiger charge is -2.24. The van der Waals surface area contributed by atoms with E-state index >= 15 is 0 Å². The average molecular weight is 505 g/mol. The second kappa shape index (κ2) is 9.87. The molecule has 35 heavy (non-hydrogen) atoms. The molecule has 12 heteroatoms. The molecular weight excluding hydrogens is 485 g/mol. The van der Waals surface area contributed by atoms with Gasteiger partial charge < -0.3 is 9.64 Å². The van der Waals surface area contributed by atoms with Crippen molar-refractivity contribution in [3.05, 3.63) is 70.8 Å². The molecule has 4 rings (SSSR count). The van der Waals surface area contributed by atoms with Gasteiger partial charge in [-0.1, -0.05) is 17.7 Å². The van der Waals surface area contributed by atoms with Gasteiger partial charge in [-0.15, -0.1) is 0 Å². The highest BCUT2D eigenvalue weighted by Crippen LogP contribution is 2.38. The molecule has 0 radical (unpaired) electrons. The molecule has 0 amide bonds. The molecule has 8 nitrogen and oxygen atoms in total. The van der Waals surface area contributed by atoms with Gasteiger partial charge in [-0.2, -0.15) is 18.3 Å². The number of esters is 1. The molecule has 0 aliphatic rings. The Bertz CT molecular complexity index is 1350. The first kappa shape index (κ1) is 24.4. The maximum absolute atomic E-state index is 13.1. The number of nitrogens with one attached hydrogen (secondary N) is 1. The Morgan fingerprint density at radius 1 is 1.20 bits per heavy atom. The SMILES string of the molecule is CCOC(=O)C(c1cccnc1)c1nc(N(CC)c2ccc(C(F)(F)F)cc2Cl)nc2cn[nH]c12. The number of pyridine rings is 1. The molecule has 1 N–H and O–H groups in total. The highest BCUT2D eigenvalue weighted by atomic mass is 35.5. The summed E-state index contributed by atoms with van der Waals surface area (Å²) in [6.07, 6.45) is 0.0526. The van der Waals surface area contributed by atoms with Crippen LogP contribution in [-0.2, 0) is 15.7 Å². The van der Waals surface area contributed by atoms with Gasteiger partial charge in [-0.05, 0) is 43.7 Å². The van der Waals surface area contributed by atoms with E-state index in [0.717, 1.165) is 12.1 Å². The number of carbonyl (C=O) groups is 1. The van der Waals surface area contributed by atoms with Crippen LogP contribution in [0.1, 0.15) is 36.6 Å². The number of nitrogens with zero attached hydrogens (tertiary/aromatic N) is 5. The predicted octanol–water partition coefficient (Wildman–Crippen LogP) is 5.27. The summed E-state index contributed by atoms with van der Waals surface area (Å²) in [4.78, 5) is 27.9. The quantitative estimate of drug-likeness (QED) is 0.342. The zero-order valence-electron chi connectivity index (χ0n) is 18.7. The van der Waals surface area contributed by atoms with Crippen LogP contribution >= 0.6 is 11.6 Å². The number of aromatic nitrogens is 5. The molecule has 182 valence electrons. The number of carbonyl (C=O) groups excluding carboxylic acids is 1. The van der Waals surface area contributed by atoms with E-state index in [1.807, 2.05) is 0 Å². The van der Waals surface area contributed by atoms with E-state index in [4.69, 9.17) is 16.3 Å². The van der Waals surface area contributed by atoms with Crippen molar-refractivity contribution in [3.8, 4) is 0 Å². The summed E-state index contributed by atoms with van der Waals surface area (Å²) >= 11 is 6.25. The average Bonchev–Trinajstić information content (AvgIpc) is 3.30. The number of hydrogen-bond donors (Lipinski definition) is 1. The number of H-pyrrole nitrogens is 1. The van der Waals surface area contributed by atoms with Gasteiger partial charge in [-0.25, -0.2) is 9.97 Å². The van der Waals surface area contributed by atoms with Gasteiger partial charge in [0.25, 0.3) is 0 Å². The number of hydrogen-bond acceptors (Lipinski definition) is 7. The smallest absolute Gasteiger partial charge is 0.416 e. The third kappa shape index (κ3) is 4.90. The normalized spacial score (nSPS) is 12.5. The van der Waals surface area contributed by atoms with E-state index in [-0.39, 0.29) is 35.5 Å². The Morgan fingerprint density at radius 2 is 2.00 bits per heavy atom. The predicted molar refractivity (Wildman–Crippen MR) is 124 cm³/mol. The standard InChI is InChI=1S/C23H20ClF3N6O2/c1-3-33(17-8-7-14(10-15(17)24)23(25,26)27)22-30-16-12-29-32-19(16)20(31-22)18(21(34)35-4-2)13-6-5-9-28-11-13/h5-12,18H,3-4H2,1-2H3,(H,29,32). The highest BCUT2D eigenvalue weighted by molar-refractivity contribution is 6.33. The summed E-state index contributed by atoms with van der Waals surface area (Å²) in [5.41, 5.74) is 1.07. The van der Waals surface area contributed by atoms with Crippen molar-refractivity contribution in [3.63, 3.8) is 0 Å². The van der Waals surface area contributed by atoms with Crippen LogP contribution in [-0.4, -0.2) is 44.3 Å². The summed E-state index contributed by atoms with van der Waals surface area (Å²) in [6.45, 7) is 3.91. The van der Waals surface area contributed by atoms with Crippen molar-refractivity contribution in [2.24, 2.45) is 0 Å². The van der Waals surface area contributed by atoms with Gasteiger partial charge in [0.05, 0.1) is 34.8 Å². The minimum Gasteiger partial charge on any atom is -0.465 e. The fourth-order valence-electron chi connectivity index (χ4n) is 3.68. The number of aromatic amines is 1. The second-order valence-electron chi connectivity index (χ2n) is 7.42. The topological polar surface area (TPSA) is 96.9 Å². The molecule has 4 aromatic rings. The molecule has 3 heterocycles.